The lowest BCUT2D eigenvalue weighted by molar-refractivity contribution is 0.0931. The molecule has 1 aromatic carbocycles. The number of aromatic amines is 1. The van der Waals surface area contributed by atoms with E-state index in [1.165, 1.54) is 6.07 Å². The predicted octanol–water partition coefficient (Wildman–Crippen LogP) is 3.32. The monoisotopic (exact) mass is 432 g/mol. The first-order valence-electron chi connectivity index (χ1n) is 8.75. The van der Waals surface area contributed by atoms with Crippen LogP contribution in [0.1, 0.15) is 41.7 Å². The lowest BCUT2D eigenvalue weighted by atomic mass is 10.1. The third-order valence-electron chi connectivity index (χ3n) is 4.21. The third-order valence-corrected chi connectivity index (χ3v) is 4.81. The van der Waals surface area contributed by atoms with Gasteiger partial charge in [-0.3, -0.25) is 14.6 Å². The molecule has 0 fully saturated rings. The Labute approximate surface area is 177 Å². The van der Waals surface area contributed by atoms with Crippen LogP contribution >= 0.6 is 23.2 Å². The van der Waals surface area contributed by atoms with Gasteiger partial charge in [-0.25, -0.2) is 0 Å². The first-order valence-corrected chi connectivity index (χ1v) is 9.51. The molecule has 3 aromatic rings. The first-order chi connectivity index (χ1) is 13.8. The maximum atomic E-state index is 12.3. The predicted molar refractivity (Wildman–Crippen MR) is 109 cm³/mol. The minimum Gasteiger partial charge on any atom is -0.387 e. The molecule has 3 N–H and O–H groups in total. The minimum atomic E-state index is -0.729. The van der Waals surface area contributed by atoms with Crippen LogP contribution in [0.5, 0.6) is 0 Å². The topological polar surface area (TPSA) is 120 Å². The van der Waals surface area contributed by atoms with Gasteiger partial charge in [0.15, 0.2) is 0 Å². The Kier molecular flexibility index (Phi) is 6.23. The van der Waals surface area contributed by atoms with E-state index in [4.69, 9.17) is 28.5 Å². The maximum absolute atomic E-state index is 12.3. The quantitative estimate of drug-likeness (QED) is 0.551. The number of amides is 1. The van der Waals surface area contributed by atoms with Gasteiger partial charge in [-0.15, -0.1) is 0 Å². The van der Waals surface area contributed by atoms with Gasteiger partial charge in [0.25, 0.3) is 5.91 Å². The molecule has 0 saturated heterocycles. The minimum absolute atomic E-state index is 0.204. The smallest absolute Gasteiger partial charge is 0.272 e. The number of rotatable bonds is 6. The summed E-state index contributed by atoms with van der Waals surface area (Å²) in [7, 11) is 0. The number of carbonyl (C=O) groups is 1. The Morgan fingerprint density at radius 2 is 2.03 bits per heavy atom. The van der Waals surface area contributed by atoms with Crippen LogP contribution in [0.2, 0.25) is 10.0 Å². The van der Waals surface area contributed by atoms with E-state index >= 15 is 0 Å². The summed E-state index contributed by atoms with van der Waals surface area (Å²) >= 11 is 12.2. The summed E-state index contributed by atoms with van der Waals surface area (Å²) in [5.74, 6) is -0.348. The molecular formula is C19H18Cl2N6O2. The van der Waals surface area contributed by atoms with Gasteiger partial charge in [0, 0.05) is 17.8 Å². The zero-order chi connectivity index (χ0) is 21.1. The molecule has 150 valence electrons. The Balaban J connectivity index is 1.66. The van der Waals surface area contributed by atoms with E-state index in [0.717, 1.165) is 0 Å². The molecule has 29 heavy (non-hydrogen) atoms. The van der Waals surface area contributed by atoms with E-state index in [9.17, 15) is 9.90 Å². The number of nitrogens with one attached hydrogen (secondary N) is 2. The van der Waals surface area contributed by atoms with Crippen molar-refractivity contribution in [2.75, 3.05) is 0 Å². The van der Waals surface area contributed by atoms with E-state index in [0.29, 0.717) is 23.5 Å². The van der Waals surface area contributed by atoms with Crippen molar-refractivity contribution < 1.29 is 9.90 Å². The van der Waals surface area contributed by atoms with Gasteiger partial charge >= 0.3 is 0 Å². The molecule has 0 aliphatic carbocycles. The van der Waals surface area contributed by atoms with Gasteiger partial charge in [0.05, 0.1) is 39.6 Å². The summed E-state index contributed by atoms with van der Waals surface area (Å²) in [5, 5.41) is 32.9. The highest BCUT2D eigenvalue weighted by atomic mass is 35.5. The van der Waals surface area contributed by atoms with Crippen LogP contribution in [0.3, 0.4) is 0 Å². The van der Waals surface area contributed by atoms with Gasteiger partial charge in [-0.1, -0.05) is 23.2 Å². The summed E-state index contributed by atoms with van der Waals surface area (Å²) in [6.45, 7) is 3.86. The van der Waals surface area contributed by atoms with Gasteiger partial charge in [0.2, 0.25) is 0 Å². The molecule has 10 heteroatoms. The van der Waals surface area contributed by atoms with Crippen LogP contribution in [0.15, 0.2) is 30.5 Å². The highest BCUT2D eigenvalue weighted by molar-refractivity contribution is 6.37. The highest BCUT2D eigenvalue weighted by Crippen LogP contribution is 2.30. The second kappa shape index (κ2) is 8.66. The van der Waals surface area contributed by atoms with Crippen molar-refractivity contribution in [2.24, 2.45) is 0 Å². The van der Waals surface area contributed by atoms with Crippen LogP contribution in [0.4, 0.5) is 0 Å². The van der Waals surface area contributed by atoms with Crippen LogP contribution in [0.25, 0.3) is 11.3 Å². The molecule has 0 bridgehead atoms. The van der Waals surface area contributed by atoms with Crippen molar-refractivity contribution in [2.45, 2.75) is 32.5 Å². The Bertz CT molecular complexity index is 1060. The second-order valence-electron chi connectivity index (χ2n) is 6.61. The summed E-state index contributed by atoms with van der Waals surface area (Å²) < 4.78 is 1.69. The third kappa shape index (κ3) is 4.77. The maximum Gasteiger partial charge on any atom is 0.272 e. The molecule has 1 amide bonds. The number of nitrogens with zero attached hydrogens (tertiary/aromatic N) is 4. The number of H-pyrrole nitrogens is 1. The molecule has 2 unspecified atom stereocenters. The van der Waals surface area contributed by atoms with Crippen LogP contribution in [0, 0.1) is 11.3 Å². The Hall–Kier alpha value is -2.86. The van der Waals surface area contributed by atoms with Crippen molar-refractivity contribution in [1.29, 1.82) is 5.26 Å². The van der Waals surface area contributed by atoms with E-state index in [-0.39, 0.29) is 33.3 Å². The van der Waals surface area contributed by atoms with Crippen molar-refractivity contribution in [1.82, 2.24) is 25.3 Å². The number of halogens is 2. The van der Waals surface area contributed by atoms with E-state index in [2.05, 4.69) is 20.6 Å². The zero-order valence-corrected chi connectivity index (χ0v) is 17.2. The normalized spacial score (nSPS) is 13.0. The number of nitriles is 1. The molecule has 0 aliphatic rings. The number of aliphatic hydroxyl groups excluding tert-OH is 1. The lowest BCUT2D eigenvalue weighted by Crippen LogP contribution is -2.36. The number of hydrogen-bond acceptors (Lipinski definition) is 5. The molecule has 2 atom stereocenters. The van der Waals surface area contributed by atoms with E-state index in [1.54, 1.807) is 36.0 Å². The van der Waals surface area contributed by atoms with E-state index in [1.807, 2.05) is 13.0 Å². The molecule has 0 aliphatic heterocycles. The molecule has 0 radical (unpaired) electrons. The van der Waals surface area contributed by atoms with Gasteiger partial charge in [0.1, 0.15) is 11.8 Å². The average Bonchev–Trinajstić information content (AvgIpc) is 3.31. The zero-order valence-electron chi connectivity index (χ0n) is 15.6. The number of hydrogen-bond donors (Lipinski definition) is 3. The summed E-state index contributed by atoms with van der Waals surface area (Å²) in [6, 6.07) is 8.32. The standard InChI is InChI=1S/C19H18Cl2N6O2/c1-10(23-19(29)18-7-17(11(2)28)24-25-18)9-27-4-3-16(26-27)12-5-14(20)13(8-22)15(21)6-12/h3-7,10-11,28H,9H2,1-2H3,(H,23,29)(H,24,25). The fourth-order valence-corrected chi connectivity index (χ4v) is 3.31. The van der Waals surface area contributed by atoms with Gasteiger partial charge in [-0.2, -0.15) is 15.5 Å². The largest absolute Gasteiger partial charge is 0.387 e. The highest BCUT2D eigenvalue weighted by Gasteiger charge is 2.16. The summed E-state index contributed by atoms with van der Waals surface area (Å²) in [4.78, 5) is 12.3. The van der Waals surface area contributed by atoms with Crippen LogP contribution in [-0.4, -0.2) is 37.0 Å². The molecular weight excluding hydrogens is 415 g/mol. The van der Waals surface area contributed by atoms with Gasteiger partial charge < -0.3 is 10.4 Å². The SMILES string of the molecule is CC(Cn1ccc(-c2cc(Cl)c(C#N)c(Cl)c2)n1)NC(=O)c1cc(C(C)O)[nH]n1. The molecule has 2 heterocycles. The molecule has 8 nitrogen and oxygen atoms in total. The summed E-state index contributed by atoms with van der Waals surface area (Å²) in [5.41, 5.74) is 2.24. The molecule has 0 saturated carbocycles. The Morgan fingerprint density at radius 3 is 2.62 bits per heavy atom. The summed E-state index contributed by atoms with van der Waals surface area (Å²) in [6.07, 6.45) is 1.05. The van der Waals surface area contributed by atoms with Crippen LogP contribution in [-0.2, 0) is 6.54 Å². The average molecular weight is 433 g/mol. The van der Waals surface area contributed by atoms with Crippen molar-refractivity contribution >= 4 is 29.1 Å². The number of benzene rings is 1. The van der Waals surface area contributed by atoms with Gasteiger partial charge in [-0.05, 0) is 38.1 Å². The Morgan fingerprint density at radius 1 is 1.34 bits per heavy atom. The number of aromatic nitrogens is 4. The fourth-order valence-electron chi connectivity index (χ4n) is 2.74. The fraction of sp³-hybridized carbons (Fsp3) is 0.263. The van der Waals surface area contributed by atoms with Crippen molar-refractivity contribution in [3.63, 3.8) is 0 Å². The van der Waals surface area contributed by atoms with E-state index < -0.39 is 6.10 Å². The number of aliphatic hydroxyl groups is 1. The van der Waals surface area contributed by atoms with Crippen molar-refractivity contribution in [3.05, 3.63) is 57.5 Å². The van der Waals surface area contributed by atoms with Crippen molar-refractivity contribution in [3.8, 4) is 17.3 Å². The molecule has 2 aromatic heterocycles. The number of carbonyl (C=O) groups excluding carboxylic acids is 1. The molecule has 0 spiro atoms. The first kappa shape index (κ1) is 20.9. The van der Waals surface area contributed by atoms with Crippen LogP contribution < -0.4 is 5.32 Å². The molecule has 3 rings (SSSR count). The second-order valence-corrected chi connectivity index (χ2v) is 7.42. The lowest BCUT2D eigenvalue weighted by Gasteiger charge is -2.13.